The van der Waals surface area contributed by atoms with Crippen molar-refractivity contribution in [2.75, 3.05) is 19.6 Å². The first-order valence-electron chi connectivity index (χ1n) is 6.97. The molecule has 0 amide bonds. The number of aromatic carboxylic acids is 1. The van der Waals surface area contributed by atoms with Crippen molar-refractivity contribution in [1.29, 1.82) is 0 Å². The van der Waals surface area contributed by atoms with E-state index in [9.17, 15) is 4.79 Å². The molecule has 1 aromatic carbocycles. The maximum atomic E-state index is 10.8. The Labute approximate surface area is 114 Å². The molecule has 0 saturated carbocycles. The molecule has 1 fully saturated rings. The highest BCUT2D eigenvalue weighted by molar-refractivity contribution is 5.87. The molecule has 0 aliphatic carbocycles. The average Bonchev–Trinajstić information content (AvgIpc) is 2.46. The summed E-state index contributed by atoms with van der Waals surface area (Å²) in [4.78, 5) is 13.2. The zero-order chi connectivity index (χ0) is 13.7. The second kappa shape index (κ2) is 6.68. The van der Waals surface area contributed by atoms with E-state index in [-0.39, 0.29) is 0 Å². The number of nitrogens with one attached hydrogen (secondary N) is 1. The normalized spacial score (nSPS) is 20.4. The van der Waals surface area contributed by atoms with Crippen LogP contribution in [-0.4, -0.2) is 41.7 Å². The van der Waals surface area contributed by atoms with Gasteiger partial charge in [0, 0.05) is 19.1 Å². The van der Waals surface area contributed by atoms with Crippen molar-refractivity contribution in [3.63, 3.8) is 0 Å². The zero-order valence-electron chi connectivity index (χ0n) is 11.4. The van der Waals surface area contributed by atoms with Crippen molar-refractivity contribution in [3.05, 3.63) is 35.4 Å². The molecule has 2 N–H and O–H groups in total. The maximum Gasteiger partial charge on any atom is 0.335 e. The fourth-order valence-electron chi connectivity index (χ4n) is 2.54. The minimum absolute atomic E-state index is 0.346. The van der Waals surface area contributed by atoms with Gasteiger partial charge in [-0.05, 0) is 43.6 Å². The van der Waals surface area contributed by atoms with Gasteiger partial charge >= 0.3 is 5.97 Å². The Morgan fingerprint density at radius 1 is 1.42 bits per heavy atom. The van der Waals surface area contributed by atoms with E-state index in [2.05, 4.69) is 17.1 Å². The molecule has 4 nitrogen and oxygen atoms in total. The molecule has 1 aromatic rings. The summed E-state index contributed by atoms with van der Waals surface area (Å²) in [6.07, 6.45) is 2.48. The van der Waals surface area contributed by atoms with Gasteiger partial charge in [0.1, 0.15) is 0 Å². The van der Waals surface area contributed by atoms with Crippen molar-refractivity contribution < 1.29 is 9.90 Å². The average molecular weight is 262 g/mol. The van der Waals surface area contributed by atoms with Crippen LogP contribution in [0.5, 0.6) is 0 Å². The highest BCUT2D eigenvalue weighted by atomic mass is 16.4. The fraction of sp³-hybridized carbons (Fsp3) is 0.533. The van der Waals surface area contributed by atoms with Crippen LogP contribution in [0.4, 0.5) is 0 Å². The molecule has 0 spiro atoms. The third-order valence-electron chi connectivity index (χ3n) is 3.75. The van der Waals surface area contributed by atoms with Gasteiger partial charge in [-0.15, -0.1) is 0 Å². The van der Waals surface area contributed by atoms with E-state index in [0.717, 1.165) is 25.2 Å². The second-order valence-corrected chi connectivity index (χ2v) is 5.12. The van der Waals surface area contributed by atoms with Crippen LogP contribution in [0.15, 0.2) is 24.3 Å². The Kier molecular flexibility index (Phi) is 4.93. The number of likely N-dealkylation sites (N-methyl/N-ethyl adjacent to an activating group) is 1. The SMILES string of the molecule is CCN1CCCC(NCc2ccc(C(=O)O)cc2)C1. The fourth-order valence-corrected chi connectivity index (χ4v) is 2.54. The summed E-state index contributed by atoms with van der Waals surface area (Å²) in [7, 11) is 0. The van der Waals surface area contributed by atoms with Crippen LogP contribution in [0.25, 0.3) is 0 Å². The number of nitrogens with zero attached hydrogens (tertiary/aromatic N) is 1. The summed E-state index contributed by atoms with van der Waals surface area (Å²) < 4.78 is 0. The van der Waals surface area contributed by atoms with Gasteiger partial charge in [0.2, 0.25) is 0 Å². The molecule has 1 aliphatic heterocycles. The number of likely N-dealkylation sites (tertiary alicyclic amines) is 1. The van der Waals surface area contributed by atoms with E-state index >= 15 is 0 Å². The molecule has 0 aromatic heterocycles. The number of benzene rings is 1. The Bertz CT molecular complexity index is 417. The van der Waals surface area contributed by atoms with E-state index in [1.54, 1.807) is 12.1 Å². The summed E-state index contributed by atoms with van der Waals surface area (Å²) in [5.41, 5.74) is 1.48. The number of rotatable bonds is 5. The van der Waals surface area contributed by atoms with Crippen LogP contribution in [0.2, 0.25) is 0 Å². The van der Waals surface area contributed by atoms with Gasteiger partial charge < -0.3 is 15.3 Å². The van der Waals surface area contributed by atoms with Crippen molar-refractivity contribution in [2.45, 2.75) is 32.4 Å². The van der Waals surface area contributed by atoms with Crippen LogP contribution in [0, 0.1) is 0 Å². The molecule has 19 heavy (non-hydrogen) atoms. The van der Waals surface area contributed by atoms with Gasteiger partial charge in [-0.3, -0.25) is 0 Å². The first-order valence-corrected chi connectivity index (χ1v) is 6.97. The van der Waals surface area contributed by atoms with E-state index in [4.69, 9.17) is 5.11 Å². The van der Waals surface area contributed by atoms with Gasteiger partial charge in [-0.25, -0.2) is 4.79 Å². The maximum absolute atomic E-state index is 10.8. The molecule has 104 valence electrons. The van der Waals surface area contributed by atoms with Crippen molar-refractivity contribution in [2.24, 2.45) is 0 Å². The van der Waals surface area contributed by atoms with Gasteiger partial charge in [-0.2, -0.15) is 0 Å². The minimum Gasteiger partial charge on any atom is -0.478 e. The molecule has 1 saturated heterocycles. The molecule has 1 aliphatic rings. The highest BCUT2D eigenvalue weighted by Gasteiger charge is 2.17. The summed E-state index contributed by atoms with van der Waals surface area (Å²) >= 11 is 0. The predicted octanol–water partition coefficient (Wildman–Crippen LogP) is 1.96. The van der Waals surface area contributed by atoms with Crippen molar-refractivity contribution in [3.8, 4) is 0 Å². The topological polar surface area (TPSA) is 52.6 Å². The Hall–Kier alpha value is -1.39. The van der Waals surface area contributed by atoms with E-state index in [1.807, 2.05) is 12.1 Å². The summed E-state index contributed by atoms with van der Waals surface area (Å²) in [5.74, 6) is -0.870. The Balaban J connectivity index is 1.83. The third kappa shape index (κ3) is 4.04. The number of carboxylic acid groups (broad SMARTS) is 1. The van der Waals surface area contributed by atoms with Crippen molar-refractivity contribution >= 4 is 5.97 Å². The van der Waals surface area contributed by atoms with Crippen LogP contribution in [-0.2, 0) is 6.54 Å². The number of carbonyl (C=O) groups is 1. The van der Waals surface area contributed by atoms with Crippen LogP contribution >= 0.6 is 0 Å². The zero-order valence-corrected chi connectivity index (χ0v) is 11.4. The summed E-state index contributed by atoms with van der Waals surface area (Å²) in [6, 6.07) is 7.65. The Morgan fingerprint density at radius 3 is 2.79 bits per heavy atom. The lowest BCUT2D eigenvalue weighted by Gasteiger charge is -2.32. The van der Waals surface area contributed by atoms with Crippen LogP contribution in [0.3, 0.4) is 0 Å². The molecule has 1 atom stereocenters. The predicted molar refractivity (Wildman–Crippen MR) is 75.4 cm³/mol. The largest absolute Gasteiger partial charge is 0.478 e. The Morgan fingerprint density at radius 2 is 2.16 bits per heavy atom. The molecular weight excluding hydrogens is 240 g/mol. The number of hydrogen-bond acceptors (Lipinski definition) is 3. The first-order chi connectivity index (χ1) is 9.19. The third-order valence-corrected chi connectivity index (χ3v) is 3.75. The van der Waals surface area contributed by atoms with Crippen LogP contribution < -0.4 is 5.32 Å². The van der Waals surface area contributed by atoms with Gasteiger partial charge in [0.15, 0.2) is 0 Å². The number of piperidine rings is 1. The lowest BCUT2D eigenvalue weighted by atomic mass is 10.1. The van der Waals surface area contributed by atoms with E-state index < -0.39 is 5.97 Å². The molecule has 1 unspecified atom stereocenters. The lowest BCUT2D eigenvalue weighted by molar-refractivity contribution is 0.0697. The van der Waals surface area contributed by atoms with Gasteiger partial charge in [-0.1, -0.05) is 19.1 Å². The molecule has 0 radical (unpaired) electrons. The lowest BCUT2D eigenvalue weighted by Crippen LogP contribution is -2.45. The quantitative estimate of drug-likeness (QED) is 0.851. The molecule has 1 heterocycles. The van der Waals surface area contributed by atoms with Gasteiger partial charge in [0.25, 0.3) is 0 Å². The highest BCUT2D eigenvalue weighted by Crippen LogP contribution is 2.11. The summed E-state index contributed by atoms with van der Waals surface area (Å²) in [6.45, 7) is 6.45. The standard InChI is InChI=1S/C15H22N2O2/c1-2-17-9-3-4-14(11-17)16-10-12-5-7-13(8-6-12)15(18)19/h5-8,14,16H,2-4,9-11H2,1H3,(H,18,19). The number of hydrogen-bond donors (Lipinski definition) is 2. The van der Waals surface area contributed by atoms with Crippen molar-refractivity contribution in [1.82, 2.24) is 10.2 Å². The van der Waals surface area contributed by atoms with Gasteiger partial charge in [0.05, 0.1) is 5.56 Å². The monoisotopic (exact) mass is 262 g/mol. The van der Waals surface area contributed by atoms with E-state index in [1.165, 1.54) is 19.4 Å². The molecule has 0 bridgehead atoms. The van der Waals surface area contributed by atoms with Crippen LogP contribution in [0.1, 0.15) is 35.7 Å². The molecular formula is C15H22N2O2. The minimum atomic E-state index is -0.870. The second-order valence-electron chi connectivity index (χ2n) is 5.12. The first kappa shape index (κ1) is 14.0. The smallest absolute Gasteiger partial charge is 0.335 e. The molecule has 2 rings (SSSR count). The molecule has 4 heteroatoms. The summed E-state index contributed by atoms with van der Waals surface area (Å²) in [5, 5.41) is 12.4. The van der Waals surface area contributed by atoms with E-state index in [0.29, 0.717) is 11.6 Å². The number of carboxylic acids is 1.